The van der Waals surface area contributed by atoms with Gasteiger partial charge in [0.15, 0.2) is 0 Å². The van der Waals surface area contributed by atoms with E-state index < -0.39 is 0 Å². The number of rotatable bonds is 6. The number of hydrogen-bond donors (Lipinski definition) is 3. The van der Waals surface area contributed by atoms with Gasteiger partial charge in [0.2, 0.25) is 0 Å². The van der Waals surface area contributed by atoms with Crippen molar-refractivity contribution in [1.29, 1.82) is 0 Å². The SMILES string of the molecule is CNc1cc(NC(CCO)C(C)(C)C)nc(C(C)C)n1. The normalized spacial score (nSPS) is 13.4. The van der Waals surface area contributed by atoms with Gasteiger partial charge in [0.1, 0.15) is 17.5 Å². The van der Waals surface area contributed by atoms with Crippen molar-refractivity contribution in [3.63, 3.8) is 0 Å². The van der Waals surface area contributed by atoms with Crippen LogP contribution in [0.1, 0.15) is 52.8 Å². The molecular weight excluding hydrogens is 252 g/mol. The minimum absolute atomic E-state index is 0.0471. The maximum Gasteiger partial charge on any atom is 0.135 e. The van der Waals surface area contributed by atoms with Gasteiger partial charge in [-0.2, -0.15) is 0 Å². The molecule has 0 saturated carbocycles. The molecule has 5 heteroatoms. The molecular formula is C15H28N4O. The molecule has 0 fully saturated rings. The van der Waals surface area contributed by atoms with Crippen molar-refractivity contribution in [2.24, 2.45) is 5.41 Å². The highest BCUT2D eigenvalue weighted by Gasteiger charge is 2.24. The molecule has 0 aliphatic heterocycles. The number of nitrogens with one attached hydrogen (secondary N) is 2. The van der Waals surface area contributed by atoms with E-state index in [9.17, 15) is 5.11 Å². The van der Waals surface area contributed by atoms with Crippen molar-refractivity contribution < 1.29 is 5.11 Å². The Morgan fingerprint density at radius 2 is 1.80 bits per heavy atom. The summed E-state index contributed by atoms with van der Waals surface area (Å²) in [5, 5.41) is 15.7. The third-order valence-electron chi connectivity index (χ3n) is 3.30. The lowest BCUT2D eigenvalue weighted by atomic mass is 9.85. The van der Waals surface area contributed by atoms with Gasteiger partial charge in [-0.05, 0) is 11.8 Å². The first-order valence-corrected chi connectivity index (χ1v) is 7.22. The van der Waals surface area contributed by atoms with Gasteiger partial charge in [-0.1, -0.05) is 34.6 Å². The van der Waals surface area contributed by atoms with Crippen molar-refractivity contribution in [2.75, 3.05) is 24.3 Å². The minimum Gasteiger partial charge on any atom is -0.396 e. The zero-order valence-corrected chi connectivity index (χ0v) is 13.5. The van der Waals surface area contributed by atoms with E-state index in [-0.39, 0.29) is 24.0 Å². The highest BCUT2D eigenvalue weighted by atomic mass is 16.3. The van der Waals surface area contributed by atoms with Gasteiger partial charge in [-0.3, -0.25) is 0 Å². The Kier molecular flexibility index (Phi) is 5.74. The van der Waals surface area contributed by atoms with E-state index >= 15 is 0 Å². The van der Waals surface area contributed by atoms with E-state index in [0.29, 0.717) is 6.42 Å². The van der Waals surface area contributed by atoms with Crippen LogP contribution in [0.5, 0.6) is 0 Å². The van der Waals surface area contributed by atoms with E-state index in [2.05, 4.69) is 55.2 Å². The Hall–Kier alpha value is -1.36. The molecule has 0 spiro atoms. The lowest BCUT2D eigenvalue weighted by Crippen LogP contribution is -2.35. The van der Waals surface area contributed by atoms with Gasteiger partial charge in [0.25, 0.3) is 0 Å². The van der Waals surface area contributed by atoms with Crippen molar-refractivity contribution in [1.82, 2.24) is 9.97 Å². The Labute approximate surface area is 122 Å². The standard InChI is InChI=1S/C15H28N4O/c1-10(2)14-18-12(16-6)9-13(19-14)17-11(7-8-20)15(3,4)5/h9-11,20H,7-8H2,1-6H3,(H2,16,17,18,19). The van der Waals surface area contributed by atoms with E-state index in [1.165, 1.54) is 0 Å². The summed E-state index contributed by atoms with van der Waals surface area (Å²) >= 11 is 0. The predicted octanol–water partition coefficient (Wildman–Crippen LogP) is 2.85. The van der Waals surface area contributed by atoms with E-state index in [1.807, 2.05) is 13.1 Å². The van der Waals surface area contributed by atoms with Gasteiger partial charge in [0.05, 0.1) is 0 Å². The Balaban J connectivity index is 3.02. The lowest BCUT2D eigenvalue weighted by Gasteiger charge is -2.31. The van der Waals surface area contributed by atoms with Crippen LogP contribution in [0, 0.1) is 5.41 Å². The number of anilines is 2. The van der Waals surface area contributed by atoms with Gasteiger partial charge >= 0.3 is 0 Å². The van der Waals surface area contributed by atoms with Gasteiger partial charge in [-0.25, -0.2) is 9.97 Å². The summed E-state index contributed by atoms with van der Waals surface area (Å²) in [6, 6.07) is 2.06. The zero-order valence-electron chi connectivity index (χ0n) is 13.5. The molecule has 0 radical (unpaired) electrons. The predicted molar refractivity (Wildman–Crippen MR) is 84.2 cm³/mol. The largest absolute Gasteiger partial charge is 0.396 e. The van der Waals surface area contributed by atoms with Crippen LogP contribution >= 0.6 is 0 Å². The molecule has 20 heavy (non-hydrogen) atoms. The Morgan fingerprint density at radius 3 is 2.25 bits per heavy atom. The molecule has 1 aromatic heterocycles. The van der Waals surface area contributed by atoms with Crippen LogP contribution in [-0.2, 0) is 0 Å². The van der Waals surface area contributed by atoms with Gasteiger partial charge < -0.3 is 15.7 Å². The number of hydrogen-bond acceptors (Lipinski definition) is 5. The van der Waals surface area contributed by atoms with Crippen molar-refractivity contribution in [2.45, 2.75) is 53.0 Å². The van der Waals surface area contributed by atoms with E-state index in [4.69, 9.17) is 0 Å². The third-order valence-corrected chi connectivity index (χ3v) is 3.30. The highest BCUT2D eigenvalue weighted by Crippen LogP contribution is 2.26. The van der Waals surface area contributed by atoms with Crippen LogP contribution < -0.4 is 10.6 Å². The summed E-state index contributed by atoms with van der Waals surface area (Å²) in [5.74, 6) is 2.70. The molecule has 0 aromatic carbocycles. The van der Waals surface area contributed by atoms with Crippen molar-refractivity contribution in [3.05, 3.63) is 11.9 Å². The molecule has 0 saturated heterocycles. The second kappa shape index (κ2) is 6.88. The third kappa shape index (κ3) is 4.63. The maximum atomic E-state index is 9.24. The first-order valence-electron chi connectivity index (χ1n) is 7.22. The van der Waals surface area contributed by atoms with Crippen LogP contribution in [0.3, 0.4) is 0 Å². The smallest absolute Gasteiger partial charge is 0.135 e. The lowest BCUT2D eigenvalue weighted by molar-refractivity contribution is 0.235. The van der Waals surface area contributed by atoms with Crippen LogP contribution in [-0.4, -0.2) is 34.8 Å². The second-order valence-electron chi connectivity index (χ2n) is 6.48. The molecule has 5 nitrogen and oxygen atoms in total. The topological polar surface area (TPSA) is 70.1 Å². The fraction of sp³-hybridized carbons (Fsp3) is 0.733. The monoisotopic (exact) mass is 280 g/mol. The van der Waals surface area contributed by atoms with E-state index in [1.54, 1.807) is 0 Å². The first-order chi connectivity index (χ1) is 9.27. The molecule has 0 aliphatic carbocycles. The number of aliphatic hydroxyl groups excluding tert-OH is 1. The molecule has 1 atom stereocenters. The van der Waals surface area contributed by atoms with Crippen LogP contribution in [0.15, 0.2) is 6.07 Å². The minimum atomic E-state index is 0.0471. The molecule has 3 N–H and O–H groups in total. The Morgan fingerprint density at radius 1 is 1.20 bits per heavy atom. The molecule has 1 aromatic rings. The summed E-state index contributed by atoms with van der Waals surface area (Å²) in [6.45, 7) is 10.8. The van der Waals surface area contributed by atoms with E-state index in [0.717, 1.165) is 17.5 Å². The van der Waals surface area contributed by atoms with Gasteiger partial charge in [0, 0.05) is 31.7 Å². The molecule has 0 bridgehead atoms. The Bertz CT molecular complexity index is 426. The molecule has 114 valence electrons. The molecule has 0 aliphatic rings. The summed E-state index contributed by atoms with van der Waals surface area (Å²) < 4.78 is 0. The molecule has 1 unspecified atom stereocenters. The summed E-state index contributed by atoms with van der Waals surface area (Å²) in [5.41, 5.74) is 0.0471. The second-order valence-corrected chi connectivity index (χ2v) is 6.48. The average Bonchev–Trinajstić information content (AvgIpc) is 2.36. The summed E-state index contributed by atoms with van der Waals surface area (Å²) in [4.78, 5) is 9.03. The highest BCUT2D eigenvalue weighted by molar-refractivity contribution is 5.48. The average molecular weight is 280 g/mol. The van der Waals surface area contributed by atoms with Crippen molar-refractivity contribution in [3.8, 4) is 0 Å². The fourth-order valence-corrected chi connectivity index (χ4v) is 1.96. The van der Waals surface area contributed by atoms with Gasteiger partial charge in [-0.15, -0.1) is 0 Å². The number of aromatic nitrogens is 2. The molecule has 0 amide bonds. The molecule has 1 heterocycles. The molecule has 1 rings (SSSR count). The van der Waals surface area contributed by atoms with Crippen LogP contribution in [0.2, 0.25) is 0 Å². The number of aliphatic hydroxyl groups is 1. The summed E-state index contributed by atoms with van der Waals surface area (Å²) in [7, 11) is 1.85. The number of nitrogens with zero attached hydrogens (tertiary/aromatic N) is 2. The summed E-state index contributed by atoms with van der Waals surface area (Å²) in [6.07, 6.45) is 0.694. The van der Waals surface area contributed by atoms with Crippen LogP contribution in [0.4, 0.5) is 11.6 Å². The van der Waals surface area contributed by atoms with Crippen molar-refractivity contribution >= 4 is 11.6 Å². The zero-order chi connectivity index (χ0) is 15.3. The first kappa shape index (κ1) is 16.7. The quantitative estimate of drug-likeness (QED) is 0.747. The van der Waals surface area contributed by atoms with Crippen LogP contribution in [0.25, 0.3) is 0 Å². The fourth-order valence-electron chi connectivity index (χ4n) is 1.96. The maximum absolute atomic E-state index is 9.24.